The Balaban J connectivity index is 2.02. The Morgan fingerprint density at radius 1 is 1.33 bits per heavy atom. The summed E-state index contributed by atoms with van der Waals surface area (Å²) in [6, 6.07) is 8.00. The van der Waals surface area contributed by atoms with Gasteiger partial charge in [0, 0.05) is 25.8 Å². The molecule has 1 aromatic carbocycles. The minimum absolute atomic E-state index is 0.295. The molecule has 0 saturated carbocycles. The number of nitrogens with zero attached hydrogens (tertiary/aromatic N) is 4. The van der Waals surface area contributed by atoms with Gasteiger partial charge < -0.3 is 4.90 Å². The third-order valence-corrected chi connectivity index (χ3v) is 4.22. The standard InChI is InChI=1S/C17H22ClN5O/c1-5-23(6-2)14-9-7-13(8-10-14)11-19-20-17(24)16-15(18)12(3)21-22(16)4/h7-11H,5-6H2,1-4H3,(H,20,24). The summed E-state index contributed by atoms with van der Waals surface area (Å²) in [5.41, 5.74) is 5.45. The van der Waals surface area contributed by atoms with Crippen molar-refractivity contribution in [2.24, 2.45) is 12.1 Å². The van der Waals surface area contributed by atoms with Crippen LogP contribution in [0.15, 0.2) is 29.4 Å². The number of amides is 1. The number of nitrogens with one attached hydrogen (secondary N) is 1. The number of anilines is 1. The van der Waals surface area contributed by atoms with Crippen molar-refractivity contribution in [1.29, 1.82) is 0 Å². The number of aromatic nitrogens is 2. The first kappa shape index (κ1) is 18.0. The first-order valence-electron chi connectivity index (χ1n) is 7.85. The molecule has 0 spiro atoms. The van der Waals surface area contributed by atoms with Crippen molar-refractivity contribution < 1.29 is 4.79 Å². The lowest BCUT2D eigenvalue weighted by atomic mass is 10.2. The SMILES string of the molecule is CCN(CC)c1ccc(C=NNC(=O)c2c(Cl)c(C)nn2C)cc1. The van der Waals surface area contributed by atoms with Crippen molar-refractivity contribution in [3.05, 3.63) is 46.2 Å². The number of carbonyl (C=O) groups is 1. The lowest BCUT2D eigenvalue weighted by Gasteiger charge is -2.20. The molecule has 0 bridgehead atoms. The largest absolute Gasteiger partial charge is 0.372 e. The highest BCUT2D eigenvalue weighted by molar-refractivity contribution is 6.34. The van der Waals surface area contributed by atoms with Crippen LogP contribution in [-0.4, -0.2) is 35.0 Å². The molecule has 7 heteroatoms. The summed E-state index contributed by atoms with van der Waals surface area (Å²) in [5.74, 6) is -0.390. The van der Waals surface area contributed by atoms with Crippen molar-refractivity contribution in [1.82, 2.24) is 15.2 Å². The van der Waals surface area contributed by atoms with Crippen LogP contribution in [0.4, 0.5) is 5.69 Å². The van der Waals surface area contributed by atoms with Crippen LogP contribution in [0.1, 0.15) is 35.6 Å². The number of hydrogen-bond acceptors (Lipinski definition) is 4. The maximum absolute atomic E-state index is 12.1. The van der Waals surface area contributed by atoms with Gasteiger partial charge in [-0.05, 0) is 38.5 Å². The molecule has 0 aliphatic heterocycles. The smallest absolute Gasteiger partial charge is 0.291 e. The lowest BCUT2D eigenvalue weighted by molar-refractivity contribution is 0.0946. The Bertz CT molecular complexity index is 732. The molecule has 6 nitrogen and oxygen atoms in total. The predicted octanol–water partition coefficient (Wildman–Crippen LogP) is 2.99. The van der Waals surface area contributed by atoms with Gasteiger partial charge in [0.2, 0.25) is 0 Å². The molecule has 0 fully saturated rings. The zero-order valence-corrected chi connectivity index (χ0v) is 15.1. The van der Waals surface area contributed by atoms with Gasteiger partial charge in [0.1, 0.15) is 5.69 Å². The zero-order chi connectivity index (χ0) is 17.7. The fourth-order valence-corrected chi connectivity index (χ4v) is 2.70. The first-order valence-corrected chi connectivity index (χ1v) is 8.23. The molecule has 0 aliphatic carbocycles. The van der Waals surface area contributed by atoms with Crippen LogP contribution in [0.5, 0.6) is 0 Å². The fourth-order valence-electron chi connectivity index (χ4n) is 2.46. The van der Waals surface area contributed by atoms with Gasteiger partial charge >= 0.3 is 0 Å². The Hall–Kier alpha value is -2.34. The number of halogens is 1. The molecular formula is C17H22ClN5O. The summed E-state index contributed by atoms with van der Waals surface area (Å²) in [5, 5.41) is 8.44. The number of aryl methyl sites for hydroxylation is 2. The van der Waals surface area contributed by atoms with E-state index in [1.807, 2.05) is 24.3 Å². The topological polar surface area (TPSA) is 62.5 Å². The monoisotopic (exact) mass is 347 g/mol. The minimum Gasteiger partial charge on any atom is -0.372 e. The predicted molar refractivity (Wildman–Crippen MR) is 98.0 cm³/mol. The van der Waals surface area contributed by atoms with Crippen molar-refractivity contribution in [2.45, 2.75) is 20.8 Å². The number of rotatable bonds is 6. The molecule has 24 heavy (non-hydrogen) atoms. The van der Waals surface area contributed by atoms with E-state index < -0.39 is 0 Å². The molecule has 2 aromatic rings. The maximum Gasteiger partial charge on any atom is 0.291 e. The summed E-state index contributed by atoms with van der Waals surface area (Å²) >= 11 is 6.08. The van der Waals surface area contributed by atoms with E-state index in [1.165, 1.54) is 10.4 Å². The number of hydrazone groups is 1. The Kier molecular flexibility index (Phi) is 5.98. The zero-order valence-electron chi connectivity index (χ0n) is 14.4. The fraction of sp³-hybridized carbons (Fsp3) is 0.353. The van der Waals surface area contributed by atoms with Crippen molar-refractivity contribution in [3.63, 3.8) is 0 Å². The van der Waals surface area contributed by atoms with Gasteiger partial charge in [0.05, 0.1) is 16.9 Å². The highest BCUT2D eigenvalue weighted by Crippen LogP contribution is 2.19. The quantitative estimate of drug-likeness (QED) is 0.645. The van der Waals surface area contributed by atoms with E-state index >= 15 is 0 Å². The van der Waals surface area contributed by atoms with E-state index in [1.54, 1.807) is 20.2 Å². The highest BCUT2D eigenvalue weighted by Gasteiger charge is 2.17. The molecule has 1 amide bonds. The van der Waals surface area contributed by atoms with E-state index in [4.69, 9.17) is 11.6 Å². The number of carbonyl (C=O) groups excluding carboxylic acids is 1. The van der Waals surface area contributed by atoms with Gasteiger partial charge in [-0.2, -0.15) is 10.2 Å². The average molecular weight is 348 g/mol. The number of benzene rings is 1. The van der Waals surface area contributed by atoms with Crippen LogP contribution in [0.25, 0.3) is 0 Å². The summed E-state index contributed by atoms with van der Waals surface area (Å²) < 4.78 is 1.45. The number of hydrogen-bond donors (Lipinski definition) is 1. The second-order valence-electron chi connectivity index (χ2n) is 5.33. The molecule has 1 aromatic heterocycles. The average Bonchev–Trinajstić information content (AvgIpc) is 2.82. The summed E-state index contributed by atoms with van der Waals surface area (Å²) in [4.78, 5) is 14.4. The molecule has 1 N–H and O–H groups in total. The van der Waals surface area contributed by atoms with Crippen molar-refractivity contribution in [3.8, 4) is 0 Å². The van der Waals surface area contributed by atoms with E-state index in [9.17, 15) is 4.79 Å². The Labute approximate surface area is 147 Å². The van der Waals surface area contributed by atoms with E-state index in [0.29, 0.717) is 16.4 Å². The molecule has 1 heterocycles. The van der Waals surface area contributed by atoms with Crippen LogP contribution >= 0.6 is 11.6 Å². The van der Waals surface area contributed by atoms with E-state index in [2.05, 4.69) is 34.4 Å². The molecular weight excluding hydrogens is 326 g/mol. The van der Waals surface area contributed by atoms with Crippen LogP contribution in [0.3, 0.4) is 0 Å². The third-order valence-electron chi connectivity index (χ3n) is 3.77. The second kappa shape index (κ2) is 7.97. The van der Waals surface area contributed by atoms with Gasteiger partial charge in [-0.1, -0.05) is 23.7 Å². The minimum atomic E-state index is -0.390. The van der Waals surface area contributed by atoms with E-state index in [-0.39, 0.29) is 5.91 Å². The van der Waals surface area contributed by atoms with Gasteiger partial charge in [-0.15, -0.1) is 0 Å². The highest BCUT2D eigenvalue weighted by atomic mass is 35.5. The normalized spacial score (nSPS) is 11.0. The maximum atomic E-state index is 12.1. The van der Waals surface area contributed by atoms with Gasteiger partial charge in [-0.25, -0.2) is 5.43 Å². The lowest BCUT2D eigenvalue weighted by Crippen LogP contribution is -2.21. The van der Waals surface area contributed by atoms with Crippen LogP contribution < -0.4 is 10.3 Å². The summed E-state index contributed by atoms with van der Waals surface area (Å²) in [6.07, 6.45) is 1.60. The first-order chi connectivity index (χ1) is 11.5. The summed E-state index contributed by atoms with van der Waals surface area (Å²) in [6.45, 7) is 7.93. The molecule has 0 atom stereocenters. The molecule has 2 rings (SSSR count). The molecule has 128 valence electrons. The molecule has 0 saturated heterocycles. The van der Waals surface area contributed by atoms with Crippen LogP contribution in [0, 0.1) is 6.92 Å². The van der Waals surface area contributed by atoms with Gasteiger partial charge in [0.25, 0.3) is 5.91 Å². The van der Waals surface area contributed by atoms with Gasteiger partial charge in [-0.3, -0.25) is 9.48 Å². The molecule has 0 aliphatic rings. The van der Waals surface area contributed by atoms with Crippen LogP contribution in [-0.2, 0) is 7.05 Å². The van der Waals surface area contributed by atoms with Crippen LogP contribution in [0.2, 0.25) is 5.02 Å². The Morgan fingerprint density at radius 3 is 2.46 bits per heavy atom. The van der Waals surface area contributed by atoms with Crippen molar-refractivity contribution in [2.75, 3.05) is 18.0 Å². The summed E-state index contributed by atoms with van der Waals surface area (Å²) in [7, 11) is 1.67. The van der Waals surface area contributed by atoms with E-state index in [0.717, 1.165) is 18.7 Å². The van der Waals surface area contributed by atoms with Crippen molar-refractivity contribution >= 4 is 29.4 Å². The molecule has 0 radical (unpaired) electrons. The Morgan fingerprint density at radius 2 is 1.96 bits per heavy atom. The van der Waals surface area contributed by atoms with Gasteiger partial charge in [0.15, 0.2) is 0 Å². The second-order valence-corrected chi connectivity index (χ2v) is 5.71. The molecule has 0 unspecified atom stereocenters. The third kappa shape index (κ3) is 3.94.